The molecule has 1 aromatic rings. The Hall–Kier alpha value is -1.26. The molecule has 96 valence electrons. The molecule has 0 unspecified atom stereocenters. The number of imide groups is 1. The standard InChI is InChI=1S/C12H12Cl2N2O2/c1-12(2)10(17)16(11(18)15(12)3)9-6-7(13)4-5-8(9)14/h4-6H,1-3H3. The first-order chi connectivity index (χ1) is 8.26. The van der Waals surface area contributed by atoms with E-state index in [0.717, 1.165) is 4.90 Å². The van der Waals surface area contributed by atoms with Gasteiger partial charge in [0.2, 0.25) is 0 Å². The molecule has 0 N–H and O–H groups in total. The Morgan fingerprint density at radius 2 is 1.78 bits per heavy atom. The van der Waals surface area contributed by atoms with Gasteiger partial charge in [-0.2, -0.15) is 0 Å². The maximum atomic E-state index is 12.3. The summed E-state index contributed by atoms with van der Waals surface area (Å²) in [4.78, 5) is 26.8. The summed E-state index contributed by atoms with van der Waals surface area (Å²) in [7, 11) is 1.58. The number of halogens is 2. The van der Waals surface area contributed by atoms with Crippen LogP contribution in [0.5, 0.6) is 0 Å². The Morgan fingerprint density at radius 3 is 2.28 bits per heavy atom. The van der Waals surface area contributed by atoms with Gasteiger partial charge in [0.15, 0.2) is 0 Å². The van der Waals surface area contributed by atoms with Gasteiger partial charge in [-0.25, -0.2) is 9.69 Å². The fraction of sp³-hybridized carbons (Fsp3) is 0.333. The van der Waals surface area contributed by atoms with E-state index < -0.39 is 11.6 Å². The summed E-state index contributed by atoms with van der Waals surface area (Å²) in [5.74, 6) is -0.320. The number of rotatable bonds is 1. The zero-order valence-electron chi connectivity index (χ0n) is 10.2. The minimum atomic E-state index is -0.886. The monoisotopic (exact) mass is 286 g/mol. The summed E-state index contributed by atoms with van der Waals surface area (Å²) < 4.78 is 0. The van der Waals surface area contributed by atoms with E-state index in [1.54, 1.807) is 33.0 Å². The summed E-state index contributed by atoms with van der Waals surface area (Å²) in [6.45, 7) is 3.37. The van der Waals surface area contributed by atoms with Crippen LogP contribution in [0.1, 0.15) is 13.8 Å². The van der Waals surface area contributed by atoms with Crippen molar-refractivity contribution in [3.05, 3.63) is 28.2 Å². The number of benzene rings is 1. The molecule has 0 radical (unpaired) electrons. The number of nitrogens with zero attached hydrogens (tertiary/aromatic N) is 2. The van der Waals surface area contributed by atoms with Crippen molar-refractivity contribution < 1.29 is 9.59 Å². The predicted octanol–water partition coefficient (Wildman–Crippen LogP) is 3.17. The second-order valence-electron chi connectivity index (χ2n) is 4.64. The van der Waals surface area contributed by atoms with E-state index in [0.29, 0.717) is 15.7 Å². The van der Waals surface area contributed by atoms with Crippen LogP contribution in [0.4, 0.5) is 10.5 Å². The molecular weight excluding hydrogens is 275 g/mol. The molecule has 3 amide bonds. The van der Waals surface area contributed by atoms with E-state index in [1.165, 1.54) is 11.0 Å². The highest BCUT2D eigenvalue weighted by atomic mass is 35.5. The summed E-state index contributed by atoms with van der Waals surface area (Å²) in [6.07, 6.45) is 0. The van der Waals surface area contributed by atoms with Crippen LogP contribution in [-0.2, 0) is 4.79 Å². The van der Waals surface area contributed by atoms with Crippen LogP contribution >= 0.6 is 23.2 Å². The molecule has 0 aromatic heterocycles. The molecule has 4 nitrogen and oxygen atoms in total. The largest absolute Gasteiger partial charge is 0.332 e. The molecule has 1 heterocycles. The van der Waals surface area contributed by atoms with Crippen LogP contribution in [0, 0.1) is 0 Å². The van der Waals surface area contributed by atoms with E-state index in [-0.39, 0.29) is 5.91 Å². The van der Waals surface area contributed by atoms with Gasteiger partial charge in [0.1, 0.15) is 5.54 Å². The van der Waals surface area contributed by atoms with E-state index in [1.807, 2.05) is 0 Å². The van der Waals surface area contributed by atoms with Gasteiger partial charge in [0.25, 0.3) is 5.91 Å². The normalized spacial score (nSPS) is 18.7. The molecule has 0 saturated carbocycles. The Morgan fingerprint density at radius 1 is 1.17 bits per heavy atom. The molecule has 2 rings (SSSR count). The zero-order chi connectivity index (χ0) is 13.7. The Balaban J connectivity index is 2.55. The van der Waals surface area contributed by atoms with E-state index in [9.17, 15) is 9.59 Å². The summed E-state index contributed by atoms with van der Waals surface area (Å²) >= 11 is 11.9. The first-order valence-electron chi connectivity index (χ1n) is 5.34. The first-order valence-corrected chi connectivity index (χ1v) is 6.10. The second-order valence-corrected chi connectivity index (χ2v) is 5.48. The summed E-state index contributed by atoms with van der Waals surface area (Å²) in [5, 5.41) is 0.731. The van der Waals surface area contributed by atoms with Gasteiger partial charge in [-0.1, -0.05) is 23.2 Å². The third kappa shape index (κ3) is 1.76. The SMILES string of the molecule is CN1C(=O)N(c2cc(Cl)ccc2Cl)C(=O)C1(C)C. The molecule has 0 aliphatic carbocycles. The molecule has 1 aliphatic rings. The Kier molecular flexibility index (Phi) is 3.03. The Labute approximate surface area is 115 Å². The van der Waals surface area contributed by atoms with Gasteiger partial charge in [-0.3, -0.25) is 4.79 Å². The fourth-order valence-corrected chi connectivity index (χ4v) is 2.13. The highest BCUT2D eigenvalue weighted by molar-refractivity contribution is 6.37. The lowest BCUT2D eigenvalue weighted by Gasteiger charge is -2.22. The zero-order valence-corrected chi connectivity index (χ0v) is 11.7. The Bertz CT molecular complexity index is 543. The average Bonchev–Trinajstić information content (AvgIpc) is 2.45. The molecule has 1 fully saturated rings. The fourth-order valence-electron chi connectivity index (χ4n) is 1.76. The average molecular weight is 287 g/mol. The second kappa shape index (κ2) is 4.14. The number of amides is 3. The van der Waals surface area contributed by atoms with Gasteiger partial charge < -0.3 is 4.90 Å². The molecule has 18 heavy (non-hydrogen) atoms. The minimum Gasteiger partial charge on any atom is -0.313 e. The molecule has 1 saturated heterocycles. The number of carbonyl (C=O) groups is 2. The van der Waals surface area contributed by atoms with Crippen LogP contribution < -0.4 is 4.90 Å². The van der Waals surface area contributed by atoms with Gasteiger partial charge in [-0.05, 0) is 32.0 Å². The molecule has 6 heteroatoms. The molecule has 0 spiro atoms. The van der Waals surface area contributed by atoms with E-state index in [2.05, 4.69) is 0 Å². The number of urea groups is 1. The van der Waals surface area contributed by atoms with E-state index in [4.69, 9.17) is 23.2 Å². The molecule has 1 aliphatic heterocycles. The van der Waals surface area contributed by atoms with E-state index >= 15 is 0 Å². The lowest BCUT2D eigenvalue weighted by Crippen LogP contribution is -2.41. The summed E-state index contributed by atoms with van der Waals surface area (Å²) in [5.41, 5.74) is -0.570. The van der Waals surface area contributed by atoms with Crippen molar-refractivity contribution in [3.8, 4) is 0 Å². The number of hydrogen-bond acceptors (Lipinski definition) is 2. The molecular formula is C12H12Cl2N2O2. The topological polar surface area (TPSA) is 40.6 Å². The summed E-state index contributed by atoms with van der Waals surface area (Å²) in [6, 6.07) is 4.27. The van der Waals surface area contributed by atoms with Gasteiger partial charge in [0, 0.05) is 12.1 Å². The van der Waals surface area contributed by atoms with Crippen molar-refractivity contribution >= 4 is 40.8 Å². The van der Waals surface area contributed by atoms with Crippen LogP contribution in [0.15, 0.2) is 18.2 Å². The number of anilines is 1. The van der Waals surface area contributed by atoms with Crippen molar-refractivity contribution in [2.24, 2.45) is 0 Å². The smallest absolute Gasteiger partial charge is 0.313 e. The van der Waals surface area contributed by atoms with Crippen molar-refractivity contribution in [2.75, 3.05) is 11.9 Å². The lowest BCUT2D eigenvalue weighted by atomic mass is 10.1. The molecule has 1 aromatic carbocycles. The van der Waals surface area contributed by atoms with Crippen LogP contribution in [-0.4, -0.2) is 29.4 Å². The number of hydrogen-bond donors (Lipinski definition) is 0. The van der Waals surface area contributed by atoms with Crippen LogP contribution in [0.3, 0.4) is 0 Å². The van der Waals surface area contributed by atoms with Crippen LogP contribution in [0.25, 0.3) is 0 Å². The maximum Gasteiger partial charge on any atom is 0.332 e. The third-order valence-corrected chi connectivity index (χ3v) is 3.75. The van der Waals surface area contributed by atoms with Crippen molar-refractivity contribution in [3.63, 3.8) is 0 Å². The predicted molar refractivity (Wildman–Crippen MR) is 71.2 cm³/mol. The highest BCUT2D eigenvalue weighted by Gasteiger charge is 2.50. The maximum absolute atomic E-state index is 12.3. The number of carbonyl (C=O) groups excluding carboxylic acids is 2. The highest BCUT2D eigenvalue weighted by Crippen LogP contribution is 2.36. The molecule has 0 atom stereocenters. The van der Waals surface area contributed by atoms with Gasteiger partial charge >= 0.3 is 6.03 Å². The first kappa shape index (κ1) is 13.2. The van der Waals surface area contributed by atoms with Crippen molar-refractivity contribution in [2.45, 2.75) is 19.4 Å². The minimum absolute atomic E-state index is 0.312. The quantitative estimate of drug-likeness (QED) is 0.744. The molecule has 0 bridgehead atoms. The van der Waals surface area contributed by atoms with Crippen LogP contribution in [0.2, 0.25) is 10.0 Å². The van der Waals surface area contributed by atoms with Crippen molar-refractivity contribution in [1.82, 2.24) is 4.90 Å². The third-order valence-electron chi connectivity index (χ3n) is 3.19. The van der Waals surface area contributed by atoms with Gasteiger partial charge in [0.05, 0.1) is 10.7 Å². The van der Waals surface area contributed by atoms with Crippen molar-refractivity contribution in [1.29, 1.82) is 0 Å². The lowest BCUT2D eigenvalue weighted by molar-refractivity contribution is -0.123. The number of likely N-dealkylation sites (N-methyl/N-ethyl adjacent to an activating group) is 1. The van der Waals surface area contributed by atoms with Gasteiger partial charge in [-0.15, -0.1) is 0 Å².